The summed E-state index contributed by atoms with van der Waals surface area (Å²) in [6, 6.07) is 10.5. The van der Waals surface area contributed by atoms with Crippen LogP contribution in [0.1, 0.15) is 24.4 Å². The number of carbonyl (C=O) groups excluding carboxylic acids is 1. The van der Waals surface area contributed by atoms with Gasteiger partial charge in [0.1, 0.15) is 5.01 Å². The summed E-state index contributed by atoms with van der Waals surface area (Å²) in [6.45, 7) is 10.6. The molecule has 1 aromatic carbocycles. The molecule has 2 aromatic rings. The molecule has 0 spiro atoms. The van der Waals surface area contributed by atoms with Gasteiger partial charge in [-0.3, -0.25) is 9.80 Å². The van der Waals surface area contributed by atoms with Crippen LogP contribution in [0.5, 0.6) is 0 Å². The maximum atomic E-state index is 12.8. The van der Waals surface area contributed by atoms with Gasteiger partial charge >= 0.3 is 6.03 Å². The Hall–Kier alpha value is -1.96. The number of nitrogens with one attached hydrogen (secondary N) is 1. The molecule has 1 aromatic heterocycles. The molecule has 0 radical (unpaired) electrons. The maximum Gasteiger partial charge on any atom is 0.317 e. The van der Waals surface area contributed by atoms with E-state index in [0.29, 0.717) is 12.6 Å². The highest BCUT2D eigenvalue weighted by Gasteiger charge is 2.43. The lowest BCUT2D eigenvalue weighted by molar-refractivity contribution is -0.0541. The minimum Gasteiger partial charge on any atom is -0.334 e. The van der Waals surface area contributed by atoms with E-state index in [1.54, 1.807) is 11.3 Å². The summed E-state index contributed by atoms with van der Waals surface area (Å²) in [4.78, 5) is 24.3. The van der Waals surface area contributed by atoms with E-state index in [2.05, 4.69) is 33.9 Å². The molecule has 2 aliphatic heterocycles. The van der Waals surface area contributed by atoms with Crippen molar-refractivity contribution in [3.63, 3.8) is 0 Å². The zero-order chi connectivity index (χ0) is 19.6. The fourth-order valence-electron chi connectivity index (χ4n) is 4.46. The van der Waals surface area contributed by atoms with Crippen molar-refractivity contribution in [2.24, 2.45) is 0 Å². The highest BCUT2D eigenvalue weighted by Crippen LogP contribution is 2.28. The molecule has 4 rings (SSSR count). The summed E-state index contributed by atoms with van der Waals surface area (Å²) >= 11 is 1.71. The number of nitrogens with zero attached hydrogens (tertiary/aromatic N) is 4. The van der Waals surface area contributed by atoms with Gasteiger partial charge in [0.05, 0.1) is 6.54 Å². The maximum absolute atomic E-state index is 12.8. The number of benzene rings is 1. The van der Waals surface area contributed by atoms with Crippen molar-refractivity contribution >= 4 is 17.4 Å². The van der Waals surface area contributed by atoms with E-state index in [-0.39, 0.29) is 11.6 Å². The minimum absolute atomic E-state index is 0.0136. The number of thiazole rings is 1. The Kier molecular flexibility index (Phi) is 5.66. The molecule has 150 valence electrons. The number of hydrogen-bond donors (Lipinski definition) is 1. The molecule has 6 nitrogen and oxygen atoms in total. The average molecular weight is 400 g/mol. The largest absolute Gasteiger partial charge is 0.334 e. The topological polar surface area (TPSA) is 51.7 Å². The molecular weight excluding hydrogens is 370 g/mol. The first-order valence-electron chi connectivity index (χ1n) is 9.95. The van der Waals surface area contributed by atoms with Crippen LogP contribution in [0, 0.1) is 0 Å². The Morgan fingerprint density at radius 3 is 2.82 bits per heavy atom. The van der Waals surface area contributed by atoms with Gasteiger partial charge in [0.25, 0.3) is 0 Å². The predicted molar refractivity (Wildman–Crippen MR) is 112 cm³/mol. The molecule has 2 amide bonds. The number of fused-ring (bicyclic) bond motifs is 1. The van der Waals surface area contributed by atoms with Gasteiger partial charge in [0.15, 0.2) is 0 Å². The van der Waals surface area contributed by atoms with Crippen LogP contribution in [0.15, 0.2) is 41.9 Å². The summed E-state index contributed by atoms with van der Waals surface area (Å²) in [7, 11) is 0. The molecule has 1 N–H and O–H groups in total. The van der Waals surface area contributed by atoms with E-state index in [0.717, 1.165) is 44.8 Å². The van der Waals surface area contributed by atoms with Crippen LogP contribution < -0.4 is 5.32 Å². The second-order valence-corrected chi connectivity index (χ2v) is 9.32. The lowest BCUT2D eigenvalue weighted by atomic mass is 9.93. The second-order valence-electron chi connectivity index (χ2n) is 8.35. The zero-order valence-electron chi connectivity index (χ0n) is 16.7. The van der Waals surface area contributed by atoms with Gasteiger partial charge in [-0.05, 0) is 19.4 Å². The number of hydrogen-bond acceptors (Lipinski definition) is 5. The van der Waals surface area contributed by atoms with Crippen LogP contribution in [-0.2, 0) is 13.1 Å². The number of aromatic nitrogens is 1. The second kappa shape index (κ2) is 8.19. The number of carbonyl (C=O) groups is 1. The Bertz CT molecular complexity index is 779. The summed E-state index contributed by atoms with van der Waals surface area (Å²) in [6.07, 6.45) is 1.87. The van der Waals surface area contributed by atoms with Gasteiger partial charge in [0, 0.05) is 62.4 Å². The molecule has 2 aliphatic rings. The quantitative estimate of drug-likeness (QED) is 0.859. The third-order valence-electron chi connectivity index (χ3n) is 5.77. The van der Waals surface area contributed by atoms with Crippen molar-refractivity contribution in [1.82, 2.24) is 25.0 Å². The number of piperazine rings is 2. The van der Waals surface area contributed by atoms with Crippen molar-refractivity contribution in [3.05, 3.63) is 52.5 Å². The smallest absolute Gasteiger partial charge is 0.317 e. The Balaban J connectivity index is 1.38. The SMILES string of the molecule is CC1(C)CN(C(=O)NCc2ccccc2)C[C@@H]2CN(Cc3nccs3)CCN21. The van der Waals surface area contributed by atoms with Crippen LogP contribution in [0.3, 0.4) is 0 Å². The predicted octanol–water partition coefficient (Wildman–Crippen LogP) is 2.63. The molecule has 2 fully saturated rings. The molecule has 28 heavy (non-hydrogen) atoms. The first-order valence-corrected chi connectivity index (χ1v) is 10.8. The molecule has 0 unspecified atom stereocenters. The van der Waals surface area contributed by atoms with Crippen LogP contribution >= 0.6 is 11.3 Å². The monoisotopic (exact) mass is 399 g/mol. The normalized spacial score (nSPS) is 22.6. The standard InChI is InChI=1S/C21H29N5OS/c1-21(2)16-25(20(27)23-12-17-6-4-3-5-7-17)14-18-13-24(9-10-26(18)21)15-19-22-8-11-28-19/h3-8,11,18H,9-10,12-16H2,1-2H3,(H,23,27)/t18-/m0/s1. The van der Waals surface area contributed by atoms with E-state index in [1.165, 1.54) is 5.01 Å². The highest BCUT2D eigenvalue weighted by molar-refractivity contribution is 7.09. The molecular formula is C21H29N5OS. The molecule has 0 aliphatic carbocycles. The molecule has 0 bridgehead atoms. The zero-order valence-corrected chi connectivity index (χ0v) is 17.5. The minimum atomic E-state index is -0.0136. The number of rotatable bonds is 4. The number of urea groups is 1. The van der Waals surface area contributed by atoms with Crippen LogP contribution in [0.25, 0.3) is 0 Å². The molecule has 2 saturated heterocycles. The summed E-state index contributed by atoms with van der Waals surface area (Å²) in [5.74, 6) is 0. The van der Waals surface area contributed by atoms with Crippen molar-refractivity contribution < 1.29 is 4.79 Å². The van der Waals surface area contributed by atoms with E-state index in [9.17, 15) is 4.79 Å². The lowest BCUT2D eigenvalue weighted by Gasteiger charge is -2.55. The van der Waals surface area contributed by atoms with E-state index >= 15 is 0 Å². The van der Waals surface area contributed by atoms with Crippen molar-refractivity contribution in [2.45, 2.75) is 38.5 Å². The fourth-order valence-corrected chi connectivity index (χ4v) is 5.11. The highest BCUT2D eigenvalue weighted by atomic mass is 32.1. The van der Waals surface area contributed by atoms with Crippen molar-refractivity contribution in [2.75, 3.05) is 32.7 Å². The molecule has 1 atom stereocenters. The van der Waals surface area contributed by atoms with Gasteiger partial charge < -0.3 is 10.2 Å². The fraction of sp³-hybridized carbons (Fsp3) is 0.524. The van der Waals surface area contributed by atoms with Crippen molar-refractivity contribution in [3.8, 4) is 0 Å². The summed E-state index contributed by atoms with van der Waals surface area (Å²) in [5.41, 5.74) is 1.11. The Morgan fingerprint density at radius 1 is 1.25 bits per heavy atom. The van der Waals surface area contributed by atoms with E-state index in [4.69, 9.17) is 0 Å². The van der Waals surface area contributed by atoms with Gasteiger partial charge in [-0.1, -0.05) is 30.3 Å². The van der Waals surface area contributed by atoms with Gasteiger partial charge in [0.2, 0.25) is 0 Å². The molecule has 3 heterocycles. The lowest BCUT2D eigenvalue weighted by Crippen LogP contribution is -2.70. The van der Waals surface area contributed by atoms with Gasteiger partial charge in [-0.25, -0.2) is 9.78 Å². The van der Waals surface area contributed by atoms with Crippen LogP contribution in [0.4, 0.5) is 4.79 Å². The Labute approximate surface area is 171 Å². The summed E-state index contributed by atoms with van der Waals surface area (Å²) in [5, 5.41) is 6.30. The van der Waals surface area contributed by atoms with E-state index < -0.39 is 0 Å². The molecule has 0 saturated carbocycles. The van der Waals surface area contributed by atoms with Gasteiger partial charge in [-0.2, -0.15) is 0 Å². The van der Waals surface area contributed by atoms with Crippen LogP contribution in [0.2, 0.25) is 0 Å². The first kappa shape index (κ1) is 19.4. The third-order valence-corrected chi connectivity index (χ3v) is 6.53. The van der Waals surface area contributed by atoms with Gasteiger partial charge in [-0.15, -0.1) is 11.3 Å². The average Bonchev–Trinajstić information content (AvgIpc) is 3.19. The Morgan fingerprint density at radius 2 is 2.07 bits per heavy atom. The van der Waals surface area contributed by atoms with E-state index in [1.807, 2.05) is 46.8 Å². The third kappa shape index (κ3) is 4.37. The first-order chi connectivity index (χ1) is 13.5. The molecule has 7 heteroatoms. The number of amides is 2. The van der Waals surface area contributed by atoms with Crippen LogP contribution in [-0.4, -0.2) is 70.0 Å². The summed E-state index contributed by atoms with van der Waals surface area (Å²) < 4.78 is 0. The van der Waals surface area contributed by atoms with Crippen molar-refractivity contribution in [1.29, 1.82) is 0 Å².